The maximum Gasteiger partial charge on any atom is 0.573 e. The van der Waals surface area contributed by atoms with Crippen LogP contribution in [0.1, 0.15) is 18.9 Å². The van der Waals surface area contributed by atoms with Crippen LogP contribution in [0, 0.1) is 0 Å². The molecule has 3 aromatic carbocycles. The van der Waals surface area contributed by atoms with Gasteiger partial charge in [-0.25, -0.2) is 4.79 Å². The number of likely N-dealkylation sites (tertiary alicyclic amines) is 1. The molecule has 198 valence electrons. The van der Waals surface area contributed by atoms with Gasteiger partial charge in [0.05, 0.1) is 11.6 Å². The number of aromatic nitrogens is 2. The molecule has 1 N–H and O–H groups in total. The number of rotatable bonds is 5. The Bertz CT molecular complexity index is 1430. The van der Waals surface area contributed by atoms with E-state index >= 15 is 0 Å². The molecule has 0 bridgehead atoms. The molecule has 4 aromatic rings. The van der Waals surface area contributed by atoms with Crippen molar-refractivity contribution in [2.75, 3.05) is 37.4 Å². The summed E-state index contributed by atoms with van der Waals surface area (Å²) in [6, 6.07) is 20.7. The summed E-state index contributed by atoms with van der Waals surface area (Å²) in [5.41, 5.74) is 3.19. The fourth-order valence-corrected chi connectivity index (χ4v) is 4.83. The van der Waals surface area contributed by atoms with E-state index < -0.39 is 6.36 Å². The van der Waals surface area contributed by atoms with Gasteiger partial charge in [-0.1, -0.05) is 30.3 Å². The van der Waals surface area contributed by atoms with Crippen LogP contribution in [0.25, 0.3) is 22.2 Å². The molecular weight excluding hydrogens is 495 g/mol. The monoisotopic (exact) mass is 523 g/mol. The summed E-state index contributed by atoms with van der Waals surface area (Å²) in [7, 11) is 3.90. The Morgan fingerprint density at radius 3 is 2.47 bits per heavy atom. The molecule has 5 rings (SSSR count). The minimum atomic E-state index is -4.82. The van der Waals surface area contributed by atoms with Crippen LogP contribution in [-0.4, -0.2) is 54.3 Å². The van der Waals surface area contributed by atoms with Crippen LogP contribution >= 0.6 is 0 Å². The second-order valence-electron chi connectivity index (χ2n) is 9.47. The highest BCUT2D eigenvalue weighted by Gasteiger charge is 2.33. The number of halogens is 3. The number of carbonyl (C=O) groups is 1. The smallest absolute Gasteiger partial charge is 0.405 e. The third-order valence-corrected chi connectivity index (χ3v) is 6.65. The lowest BCUT2D eigenvalue weighted by Gasteiger charge is -2.33. The Morgan fingerprint density at radius 2 is 1.74 bits per heavy atom. The highest BCUT2D eigenvalue weighted by Crippen LogP contribution is 2.38. The van der Waals surface area contributed by atoms with Gasteiger partial charge in [0.25, 0.3) is 0 Å². The lowest BCUT2D eigenvalue weighted by molar-refractivity contribution is -0.274. The van der Waals surface area contributed by atoms with E-state index in [0.29, 0.717) is 29.9 Å². The fourth-order valence-electron chi connectivity index (χ4n) is 4.83. The molecule has 1 aliphatic rings. The van der Waals surface area contributed by atoms with Crippen LogP contribution in [0.5, 0.6) is 5.75 Å². The first-order valence-corrected chi connectivity index (χ1v) is 12.4. The number of hydrogen-bond acceptors (Lipinski definition) is 4. The first kappa shape index (κ1) is 25.4. The standard InChI is InChI=1S/C28H28F3N5O2/c1-34(2)20-15-13-19(14-16-20)32-27(37)35-17-7-8-21(18-35)36-24-11-5-3-9-22(24)26(33-36)23-10-4-6-12-25(23)38-28(29,30)31/h3-6,9-16,21H,7-8,17-18H2,1-2H3,(H,32,37)/t21-/m1/s1. The number of para-hydroxylation sites is 2. The molecule has 1 saturated heterocycles. The van der Waals surface area contributed by atoms with Crippen molar-refractivity contribution in [2.24, 2.45) is 0 Å². The lowest BCUT2D eigenvalue weighted by atomic mass is 10.1. The number of ether oxygens (including phenoxy) is 1. The molecule has 1 fully saturated rings. The zero-order chi connectivity index (χ0) is 26.9. The first-order valence-electron chi connectivity index (χ1n) is 12.4. The number of nitrogens with one attached hydrogen (secondary N) is 1. The third-order valence-electron chi connectivity index (χ3n) is 6.65. The number of piperidine rings is 1. The second-order valence-corrected chi connectivity index (χ2v) is 9.47. The van der Waals surface area contributed by atoms with E-state index in [4.69, 9.17) is 5.10 Å². The van der Waals surface area contributed by atoms with Crippen molar-refractivity contribution < 1.29 is 22.7 Å². The zero-order valence-corrected chi connectivity index (χ0v) is 21.1. The Labute approximate surface area is 218 Å². The number of urea groups is 1. The molecular formula is C28H28F3N5O2. The fraction of sp³-hybridized carbons (Fsp3) is 0.286. The quantitative estimate of drug-likeness (QED) is 0.323. The first-order chi connectivity index (χ1) is 18.2. The summed E-state index contributed by atoms with van der Waals surface area (Å²) in [6.45, 7) is 1.03. The topological polar surface area (TPSA) is 62.6 Å². The molecule has 38 heavy (non-hydrogen) atoms. The maximum atomic E-state index is 13.1. The lowest BCUT2D eigenvalue weighted by Crippen LogP contribution is -2.43. The predicted molar refractivity (Wildman–Crippen MR) is 141 cm³/mol. The molecule has 0 saturated carbocycles. The van der Waals surface area contributed by atoms with E-state index in [1.54, 1.807) is 17.0 Å². The minimum absolute atomic E-state index is 0.139. The minimum Gasteiger partial charge on any atom is -0.405 e. The number of hydrogen-bond donors (Lipinski definition) is 1. The summed E-state index contributed by atoms with van der Waals surface area (Å²) in [6.07, 6.45) is -3.26. The molecule has 1 aromatic heterocycles. The van der Waals surface area contributed by atoms with Gasteiger partial charge in [-0.2, -0.15) is 5.10 Å². The van der Waals surface area contributed by atoms with Gasteiger partial charge in [0, 0.05) is 49.5 Å². The molecule has 2 heterocycles. The average molecular weight is 524 g/mol. The van der Waals surface area contributed by atoms with Gasteiger partial charge in [0.15, 0.2) is 0 Å². The van der Waals surface area contributed by atoms with Gasteiger partial charge < -0.3 is 19.9 Å². The van der Waals surface area contributed by atoms with Gasteiger partial charge in [0.1, 0.15) is 11.4 Å². The summed E-state index contributed by atoms with van der Waals surface area (Å²) < 4.78 is 45.4. The molecule has 10 heteroatoms. The number of alkyl halides is 3. The Kier molecular flexibility index (Phi) is 6.88. The van der Waals surface area contributed by atoms with E-state index in [1.807, 2.05) is 72.2 Å². The second kappa shape index (κ2) is 10.3. The molecule has 0 radical (unpaired) electrons. The van der Waals surface area contributed by atoms with Crippen LogP contribution < -0.4 is 15.0 Å². The number of nitrogens with zero attached hydrogens (tertiary/aromatic N) is 4. The number of carbonyl (C=O) groups excluding carboxylic acids is 1. The molecule has 0 unspecified atom stereocenters. The van der Waals surface area contributed by atoms with Crippen LogP contribution in [0.2, 0.25) is 0 Å². The molecule has 1 aliphatic heterocycles. The van der Waals surface area contributed by atoms with Crippen molar-refractivity contribution in [1.29, 1.82) is 0 Å². The average Bonchev–Trinajstić information content (AvgIpc) is 3.28. The largest absolute Gasteiger partial charge is 0.573 e. The summed E-state index contributed by atoms with van der Waals surface area (Å²) >= 11 is 0. The SMILES string of the molecule is CN(C)c1ccc(NC(=O)N2CCC[C@@H](n3nc(-c4ccccc4OC(F)(F)F)c4ccccc43)C2)cc1. The summed E-state index contributed by atoms with van der Waals surface area (Å²) in [5.74, 6) is -0.305. The van der Waals surface area contributed by atoms with Crippen molar-refractivity contribution in [3.05, 3.63) is 72.8 Å². The van der Waals surface area contributed by atoms with Gasteiger partial charge in [-0.15, -0.1) is 13.2 Å². The van der Waals surface area contributed by atoms with E-state index in [1.165, 1.54) is 12.1 Å². The van der Waals surface area contributed by atoms with Gasteiger partial charge in [0.2, 0.25) is 0 Å². The van der Waals surface area contributed by atoms with E-state index in [9.17, 15) is 18.0 Å². The van der Waals surface area contributed by atoms with Crippen molar-refractivity contribution in [2.45, 2.75) is 25.2 Å². The highest BCUT2D eigenvalue weighted by atomic mass is 19.4. The highest BCUT2D eigenvalue weighted by molar-refractivity contribution is 5.95. The van der Waals surface area contributed by atoms with Crippen LogP contribution in [0.15, 0.2) is 72.8 Å². The number of anilines is 2. The Morgan fingerprint density at radius 1 is 1.03 bits per heavy atom. The van der Waals surface area contributed by atoms with Crippen LogP contribution in [0.3, 0.4) is 0 Å². The molecule has 0 spiro atoms. The summed E-state index contributed by atoms with van der Waals surface area (Å²) in [4.78, 5) is 16.8. The van der Waals surface area contributed by atoms with E-state index in [-0.39, 0.29) is 23.4 Å². The van der Waals surface area contributed by atoms with Crippen molar-refractivity contribution in [3.8, 4) is 17.0 Å². The Balaban J connectivity index is 1.41. The van der Waals surface area contributed by atoms with Crippen LogP contribution in [0.4, 0.5) is 29.3 Å². The summed E-state index contributed by atoms with van der Waals surface area (Å²) in [5, 5.41) is 8.46. The van der Waals surface area contributed by atoms with Crippen molar-refractivity contribution in [3.63, 3.8) is 0 Å². The normalized spacial score (nSPS) is 15.9. The Hall–Kier alpha value is -4.21. The number of fused-ring (bicyclic) bond motifs is 1. The molecule has 7 nitrogen and oxygen atoms in total. The maximum absolute atomic E-state index is 13.1. The third kappa shape index (κ3) is 5.39. The van der Waals surface area contributed by atoms with Gasteiger partial charge in [-0.3, -0.25) is 4.68 Å². The predicted octanol–water partition coefficient (Wildman–Crippen LogP) is 6.54. The van der Waals surface area contributed by atoms with Gasteiger partial charge >= 0.3 is 12.4 Å². The van der Waals surface area contributed by atoms with Gasteiger partial charge in [-0.05, 0) is 55.3 Å². The number of amides is 2. The number of benzene rings is 3. The molecule has 1 atom stereocenters. The van der Waals surface area contributed by atoms with Crippen LogP contribution in [-0.2, 0) is 0 Å². The molecule has 0 aliphatic carbocycles. The van der Waals surface area contributed by atoms with E-state index in [2.05, 4.69) is 10.1 Å². The van der Waals surface area contributed by atoms with E-state index in [0.717, 1.165) is 24.0 Å². The molecule has 2 amide bonds. The van der Waals surface area contributed by atoms with Crippen molar-refractivity contribution in [1.82, 2.24) is 14.7 Å². The van der Waals surface area contributed by atoms with Crippen molar-refractivity contribution >= 4 is 28.3 Å². The zero-order valence-electron chi connectivity index (χ0n) is 21.1.